The Balaban J connectivity index is 2.97. The second kappa shape index (κ2) is 27.0. The fourth-order valence-corrected chi connectivity index (χ4v) is 4.81. The van der Waals surface area contributed by atoms with Crippen molar-refractivity contribution in [1.29, 1.82) is 0 Å². The maximum Gasteiger partial charge on any atom is 0.198 e. The van der Waals surface area contributed by atoms with Gasteiger partial charge in [-0.05, 0) is 30.8 Å². The van der Waals surface area contributed by atoms with E-state index in [-0.39, 0.29) is 0 Å². The Kier molecular flexibility index (Phi) is 27.0. The van der Waals surface area contributed by atoms with Gasteiger partial charge in [0.2, 0.25) is 0 Å². The number of unbranched alkanes of at least 4 members (excludes halogenated alkanes) is 20. The fraction of sp³-hybridized carbons (Fsp3) is 0.962. The lowest BCUT2D eigenvalue weighted by molar-refractivity contribution is 0.538. The summed E-state index contributed by atoms with van der Waals surface area (Å²) in [6.45, 7) is 2.30. The van der Waals surface area contributed by atoms with E-state index in [1.54, 1.807) is 0 Å². The van der Waals surface area contributed by atoms with Crippen LogP contribution in [0.5, 0.6) is 0 Å². The second-order valence-electron chi connectivity index (χ2n) is 8.58. The Morgan fingerprint density at radius 1 is 0.464 bits per heavy atom. The van der Waals surface area contributed by atoms with Gasteiger partial charge in [0, 0.05) is 6.42 Å². The van der Waals surface area contributed by atoms with Gasteiger partial charge >= 0.3 is 0 Å². The molecule has 28 heavy (non-hydrogen) atoms. The predicted molar refractivity (Wildman–Crippen MR) is 130 cm³/mol. The summed E-state index contributed by atoms with van der Waals surface area (Å²) < 4.78 is 0. The average Bonchev–Trinajstić information content (AvgIpc) is 2.71. The Labute approximate surface area is 182 Å². The van der Waals surface area contributed by atoms with Crippen molar-refractivity contribution in [3.8, 4) is 0 Å². The Morgan fingerprint density at radius 3 is 1.14 bits per heavy atom. The summed E-state index contributed by atoms with van der Waals surface area (Å²) in [5, 5.41) is 0. The topological polar surface area (TPSA) is 17.1 Å². The third-order valence-electron chi connectivity index (χ3n) is 5.71. The van der Waals surface area contributed by atoms with Crippen LogP contribution in [0.2, 0.25) is 0 Å². The highest BCUT2D eigenvalue weighted by Gasteiger charge is 1.96. The summed E-state index contributed by atoms with van der Waals surface area (Å²) in [4.78, 5) is 10.1. The molecule has 0 atom stereocenters. The van der Waals surface area contributed by atoms with Gasteiger partial charge in [-0.15, -0.1) is 0 Å². The molecule has 0 heterocycles. The molecule has 0 spiro atoms. The number of hydrogen-bond donors (Lipinski definition) is 0. The highest BCUT2D eigenvalue weighted by atomic mass is 32.2. The van der Waals surface area contributed by atoms with Crippen molar-refractivity contribution < 1.29 is 4.79 Å². The zero-order valence-corrected chi connectivity index (χ0v) is 20.1. The van der Waals surface area contributed by atoms with E-state index in [0.717, 1.165) is 6.42 Å². The van der Waals surface area contributed by atoms with Gasteiger partial charge < -0.3 is 0 Å². The Bertz CT molecular complexity index is 280. The van der Waals surface area contributed by atoms with Gasteiger partial charge in [-0.2, -0.15) is 11.8 Å². The lowest BCUT2D eigenvalue weighted by atomic mass is 10.0. The van der Waals surface area contributed by atoms with E-state index in [2.05, 4.69) is 18.7 Å². The van der Waals surface area contributed by atoms with Crippen LogP contribution in [0.3, 0.4) is 0 Å². The van der Waals surface area contributed by atoms with Crippen LogP contribution in [-0.4, -0.2) is 17.8 Å². The Hall–Kier alpha value is 0.0200. The van der Waals surface area contributed by atoms with E-state index >= 15 is 0 Å². The van der Waals surface area contributed by atoms with Gasteiger partial charge in [0.1, 0.15) is 0 Å². The molecule has 0 fully saturated rings. The second-order valence-corrected chi connectivity index (χ2v) is 9.80. The highest BCUT2D eigenvalue weighted by molar-refractivity contribution is 7.99. The zero-order chi connectivity index (χ0) is 20.4. The average molecular weight is 412 g/mol. The molecule has 0 aromatic heterocycles. The molecule has 0 saturated heterocycles. The summed E-state index contributed by atoms with van der Waals surface area (Å²) in [5.41, 5.74) is 0. The minimum atomic E-state index is 0.635. The fourth-order valence-electron chi connectivity index (χ4n) is 3.79. The predicted octanol–water partition coefficient (Wildman–Crippen LogP) is 9.43. The lowest BCUT2D eigenvalue weighted by Crippen LogP contribution is -1.87. The molecule has 0 aliphatic carbocycles. The number of hydrogen-bond acceptors (Lipinski definition) is 2. The van der Waals surface area contributed by atoms with Crippen molar-refractivity contribution in [2.75, 3.05) is 11.5 Å². The molecule has 0 rings (SSSR count). The van der Waals surface area contributed by atoms with Gasteiger partial charge in [0.25, 0.3) is 0 Å². The van der Waals surface area contributed by atoms with Gasteiger partial charge in [-0.3, -0.25) is 4.79 Å². The summed E-state index contributed by atoms with van der Waals surface area (Å²) in [6.07, 6.45) is 32.0. The lowest BCUT2D eigenvalue weighted by Gasteiger charge is -2.04. The zero-order valence-electron chi connectivity index (χ0n) is 19.3. The van der Waals surface area contributed by atoms with E-state index in [1.165, 1.54) is 140 Å². The molecule has 0 aromatic carbocycles. The summed E-state index contributed by atoms with van der Waals surface area (Å²) in [7, 11) is 0. The number of thioether (sulfide) groups is 1. The molecule has 0 amide bonds. The normalized spacial score (nSPS) is 11.2. The van der Waals surface area contributed by atoms with Crippen molar-refractivity contribution in [2.24, 2.45) is 0 Å². The van der Waals surface area contributed by atoms with Crippen LogP contribution in [0.1, 0.15) is 148 Å². The molecular weight excluding hydrogens is 360 g/mol. The molecule has 0 saturated carbocycles. The van der Waals surface area contributed by atoms with Gasteiger partial charge in [-0.1, -0.05) is 122 Å². The van der Waals surface area contributed by atoms with Gasteiger partial charge in [0.15, 0.2) is 6.29 Å². The molecule has 1 nitrogen and oxygen atoms in total. The highest BCUT2D eigenvalue weighted by Crippen LogP contribution is 2.15. The van der Waals surface area contributed by atoms with Crippen LogP contribution in [0.25, 0.3) is 0 Å². The number of rotatable bonds is 25. The van der Waals surface area contributed by atoms with E-state index < -0.39 is 0 Å². The molecule has 0 aromatic rings. The van der Waals surface area contributed by atoms with Crippen LogP contribution in [-0.2, 0) is 4.79 Å². The van der Waals surface area contributed by atoms with E-state index in [1.807, 2.05) is 6.29 Å². The van der Waals surface area contributed by atoms with Crippen LogP contribution in [0.4, 0.5) is 0 Å². The van der Waals surface area contributed by atoms with Crippen molar-refractivity contribution in [3.05, 3.63) is 0 Å². The van der Waals surface area contributed by atoms with Crippen LogP contribution in [0.15, 0.2) is 0 Å². The van der Waals surface area contributed by atoms with Crippen molar-refractivity contribution in [3.63, 3.8) is 0 Å². The van der Waals surface area contributed by atoms with E-state index in [9.17, 15) is 4.79 Å². The van der Waals surface area contributed by atoms with Crippen LogP contribution < -0.4 is 0 Å². The molecule has 2 heteroatoms. The van der Waals surface area contributed by atoms with E-state index in [0.29, 0.717) is 6.42 Å². The molecule has 0 aliphatic heterocycles. The largest absolute Gasteiger partial charge is 0.291 e. The molecule has 0 bridgehead atoms. The van der Waals surface area contributed by atoms with Gasteiger partial charge in [0.05, 0.1) is 0 Å². The molecule has 0 aliphatic rings. The number of carbonyl (C=O) groups excluding carboxylic acids is 1. The summed E-state index contributed by atoms with van der Waals surface area (Å²) >= 11 is 2.17. The quantitative estimate of drug-likeness (QED) is 0.139. The first-order valence-electron chi connectivity index (χ1n) is 12.8. The van der Waals surface area contributed by atoms with E-state index in [4.69, 9.17) is 0 Å². The first-order chi connectivity index (χ1) is 13.9. The maximum absolute atomic E-state index is 10.1. The molecule has 1 radical (unpaired) electrons. The molecule has 167 valence electrons. The SMILES string of the molecule is CCCCCCCCCCCCCCCCSCCCCCCCCC[C]=O. The molecule has 0 N–H and O–H groups in total. The third-order valence-corrected chi connectivity index (χ3v) is 6.86. The summed E-state index contributed by atoms with van der Waals surface area (Å²) in [6, 6.07) is 0. The molecule has 0 unspecified atom stereocenters. The van der Waals surface area contributed by atoms with Crippen LogP contribution in [0, 0.1) is 0 Å². The smallest absolute Gasteiger partial charge is 0.198 e. The summed E-state index contributed by atoms with van der Waals surface area (Å²) in [5.74, 6) is 2.73. The van der Waals surface area contributed by atoms with Crippen molar-refractivity contribution >= 4 is 18.0 Å². The standard InChI is InChI=1S/C26H51OS/c1-2-3-4-5-6-7-8-9-10-11-13-16-19-22-25-28-26-23-20-17-14-12-15-18-21-24-27/h2-23,25-26H2,1H3. The van der Waals surface area contributed by atoms with Gasteiger partial charge in [-0.25, -0.2) is 0 Å². The van der Waals surface area contributed by atoms with Crippen LogP contribution >= 0.6 is 11.8 Å². The third kappa shape index (κ3) is 26.0. The molecular formula is C26H51OS. The minimum Gasteiger partial charge on any atom is -0.291 e. The minimum absolute atomic E-state index is 0.635. The Morgan fingerprint density at radius 2 is 0.786 bits per heavy atom. The maximum atomic E-state index is 10.1. The monoisotopic (exact) mass is 411 g/mol. The van der Waals surface area contributed by atoms with Crippen molar-refractivity contribution in [1.82, 2.24) is 0 Å². The van der Waals surface area contributed by atoms with Crippen molar-refractivity contribution in [2.45, 2.75) is 148 Å². The first-order valence-corrected chi connectivity index (χ1v) is 14.0. The first kappa shape index (κ1) is 28.0.